The van der Waals surface area contributed by atoms with Crippen molar-refractivity contribution in [2.24, 2.45) is 5.92 Å². The Kier molecular flexibility index (Phi) is 4.56. The molecule has 1 spiro atoms. The molecular formula is C21H23N3O4. The number of aliphatic hydroxyl groups excluding tert-OH is 1. The van der Waals surface area contributed by atoms with Crippen molar-refractivity contribution in [3.05, 3.63) is 54.1 Å². The number of ether oxygens (including phenoxy) is 1. The van der Waals surface area contributed by atoms with Gasteiger partial charge in [-0.2, -0.15) is 0 Å². The molecule has 0 unspecified atom stereocenters. The third kappa shape index (κ3) is 2.83. The Balaban J connectivity index is 1.69. The summed E-state index contributed by atoms with van der Waals surface area (Å²) in [7, 11) is 1.58. The zero-order valence-electron chi connectivity index (χ0n) is 15.7. The van der Waals surface area contributed by atoms with Gasteiger partial charge in [-0.15, -0.1) is 0 Å². The van der Waals surface area contributed by atoms with Crippen LogP contribution in [0, 0.1) is 5.92 Å². The minimum absolute atomic E-state index is 0.271. The highest BCUT2D eigenvalue weighted by Crippen LogP contribution is 2.47. The second-order valence-corrected chi connectivity index (χ2v) is 7.31. The molecule has 146 valence electrons. The Morgan fingerprint density at radius 2 is 1.96 bits per heavy atom. The van der Waals surface area contributed by atoms with Crippen molar-refractivity contribution in [2.75, 3.05) is 17.7 Å². The van der Waals surface area contributed by atoms with Gasteiger partial charge in [0.05, 0.1) is 19.1 Å². The van der Waals surface area contributed by atoms with Gasteiger partial charge < -0.3 is 20.5 Å². The SMILES string of the molecule is COc1ccc(NC(=O)[C@H]2C[C@H]([C@H](C)O)N[C@@]23C(=O)Nc2ccccc23)cc1. The van der Waals surface area contributed by atoms with Crippen LogP contribution in [-0.2, 0) is 15.1 Å². The molecule has 7 nitrogen and oxygen atoms in total. The van der Waals surface area contributed by atoms with E-state index in [1.807, 2.05) is 24.3 Å². The molecule has 2 heterocycles. The maximum atomic E-state index is 13.2. The number of para-hydroxylation sites is 1. The molecule has 0 saturated carbocycles. The summed E-state index contributed by atoms with van der Waals surface area (Å²) in [6, 6.07) is 14.0. The first-order chi connectivity index (χ1) is 13.5. The topological polar surface area (TPSA) is 99.7 Å². The lowest BCUT2D eigenvalue weighted by Gasteiger charge is -2.29. The van der Waals surface area contributed by atoms with Crippen LogP contribution in [0.4, 0.5) is 11.4 Å². The molecule has 0 bridgehead atoms. The van der Waals surface area contributed by atoms with Gasteiger partial charge in [-0.25, -0.2) is 0 Å². The Morgan fingerprint density at radius 3 is 2.64 bits per heavy atom. The number of amides is 2. The van der Waals surface area contributed by atoms with Crippen molar-refractivity contribution < 1.29 is 19.4 Å². The van der Waals surface area contributed by atoms with E-state index in [4.69, 9.17) is 4.74 Å². The number of benzene rings is 2. The van der Waals surface area contributed by atoms with E-state index in [1.165, 1.54) is 0 Å². The predicted octanol–water partition coefficient (Wildman–Crippen LogP) is 1.84. The fourth-order valence-electron chi connectivity index (χ4n) is 4.18. The normalized spacial score (nSPS) is 26.6. The average molecular weight is 381 g/mol. The monoisotopic (exact) mass is 381 g/mol. The summed E-state index contributed by atoms with van der Waals surface area (Å²) in [6.45, 7) is 1.66. The summed E-state index contributed by atoms with van der Waals surface area (Å²) in [5.41, 5.74) is 0.842. The van der Waals surface area contributed by atoms with Crippen LogP contribution in [-0.4, -0.2) is 36.2 Å². The van der Waals surface area contributed by atoms with Gasteiger partial charge in [-0.3, -0.25) is 14.9 Å². The molecule has 4 rings (SSSR count). The third-order valence-corrected chi connectivity index (χ3v) is 5.64. The Hall–Kier alpha value is -2.90. The van der Waals surface area contributed by atoms with E-state index in [0.717, 1.165) is 5.56 Å². The van der Waals surface area contributed by atoms with E-state index in [0.29, 0.717) is 23.5 Å². The van der Waals surface area contributed by atoms with Crippen LogP contribution in [0.5, 0.6) is 5.75 Å². The molecule has 2 aliphatic heterocycles. The first-order valence-electron chi connectivity index (χ1n) is 9.27. The number of carbonyl (C=O) groups excluding carboxylic acids is 2. The van der Waals surface area contributed by atoms with Gasteiger partial charge in [0.15, 0.2) is 0 Å². The fourth-order valence-corrected chi connectivity index (χ4v) is 4.18. The molecule has 2 aliphatic rings. The van der Waals surface area contributed by atoms with Gasteiger partial charge in [-0.05, 0) is 43.7 Å². The van der Waals surface area contributed by atoms with Gasteiger partial charge in [0.25, 0.3) is 0 Å². The fraction of sp³-hybridized carbons (Fsp3) is 0.333. The molecule has 1 fully saturated rings. The van der Waals surface area contributed by atoms with E-state index in [2.05, 4.69) is 16.0 Å². The molecule has 0 aliphatic carbocycles. The zero-order chi connectivity index (χ0) is 19.9. The molecule has 1 saturated heterocycles. The van der Waals surface area contributed by atoms with Crippen LogP contribution < -0.4 is 20.7 Å². The molecule has 7 heteroatoms. The smallest absolute Gasteiger partial charge is 0.250 e. The van der Waals surface area contributed by atoms with Crippen LogP contribution in [0.15, 0.2) is 48.5 Å². The highest BCUT2D eigenvalue weighted by Gasteiger charge is 2.60. The number of hydrogen-bond donors (Lipinski definition) is 4. The van der Waals surface area contributed by atoms with Crippen LogP contribution in [0.1, 0.15) is 18.9 Å². The van der Waals surface area contributed by atoms with Crippen LogP contribution in [0.25, 0.3) is 0 Å². The first kappa shape index (κ1) is 18.5. The van der Waals surface area contributed by atoms with Gasteiger partial charge in [0.2, 0.25) is 11.8 Å². The quantitative estimate of drug-likeness (QED) is 0.648. The highest BCUT2D eigenvalue weighted by molar-refractivity contribution is 6.10. The lowest BCUT2D eigenvalue weighted by molar-refractivity contribution is -0.130. The molecule has 28 heavy (non-hydrogen) atoms. The van der Waals surface area contributed by atoms with E-state index in [1.54, 1.807) is 38.3 Å². The maximum absolute atomic E-state index is 13.2. The number of aliphatic hydroxyl groups is 1. The van der Waals surface area contributed by atoms with Gasteiger partial charge in [0, 0.05) is 23.0 Å². The second kappa shape index (κ2) is 6.92. The minimum atomic E-state index is -1.20. The number of nitrogens with one attached hydrogen (secondary N) is 3. The molecule has 2 aromatic rings. The molecule has 4 N–H and O–H groups in total. The number of anilines is 2. The largest absolute Gasteiger partial charge is 0.497 e. The Labute approximate surface area is 163 Å². The summed E-state index contributed by atoms with van der Waals surface area (Å²) in [6.07, 6.45) is -0.349. The summed E-state index contributed by atoms with van der Waals surface area (Å²) < 4.78 is 5.14. The number of methoxy groups -OCH3 is 1. The molecule has 2 amide bonds. The molecular weight excluding hydrogens is 358 g/mol. The summed E-state index contributed by atoms with van der Waals surface area (Å²) >= 11 is 0. The van der Waals surface area contributed by atoms with Crippen molar-refractivity contribution in [2.45, 2.75) is 31.0 Å². The summed E-state index contributed by atoms with van der Waals surface area (Å²) in [5, 5.41) is 19.2. The number of fused-ring (bicyclic) bond motifs is 2. The van der Waals surface area contributed by atoms with E-state index in [9.17, 15) is 14.7 Å². The number of carbonyl (C=O) groups is 2. The lowest BCUT2D eigenvalue weighted by Crippen LogP contribution is -2.53. The van der Waals surface area contributed by atoms with Gasteiger partial charge in [0.1, 0.15) is 11.3 Å². The standard InChI is InChI=1S/C21H23N3O4/c1-12(25)18-11-16(19(26)22-13-7-9-14(28-2)10-8-13)21(24-18)15-5-3-4-6-17(15)23-20(21)27/h3-10,12,16,18,24-25H,11H2,1-2H3,(H,22,26)(H,23,27)/t12-,16+,18+,21+/m0/s1. The number of rotatable bonds is 4. The van der Waals surface area contributed by atoms with Crippen LogP contribution >= 0.6 is 0 Å². The minimum Gasteiger partial charge on any atom is -0.497 e. The molecule has 2 aromatic carbocycles. The highest BCUT2D eigenvalue weighted by atomic mass is 16.5. The van der Waals surface area contributed by atoms with Crippen molar-refractivity contribution in [3.8, 4) is 5.75 Å². The molecule has 0 radical (unpaired) electrons. The van der Waals surface area contributed by atoms with Crippen molar-refractivity contribution in [3.63, 3.8) is 0 Å². The van der Waals surface area contributed by atoms with E-state index >= 15 is 0 Å². The first-order valence-corrected chi connectivity index (χ1v) is 9.27. The number of hydrogen-bond acceptors (Lipinski definition) is 5. The van der Waals surface area contributed by atoms with Crippen molar-refractivity contribution in [1.82, 2.24) is 5.32 Å². The molecule has 4 atom stereocenters. The van der Waals surface area contributed by atoms with E-state index in [-0.39, 0.29) is 17.9 Å². The average Bonchev–Trinajstić information content (AvgIpc) is 3.23. The maximum Gasteiger partial charge on any atom is 0.250 e. The van der Waals surface area contributed by atoms with E-state index < -0.39 is 17.6 Å². The predicted molar refractivity (Wildman–Crippen MR) is 105 cm³/mol. The van der Waals surface area contributed by atoms with Crippen LogP contribution in [0.3, 0.4) is 0 Å². The lowest BCUT2D eigenvalue weighted by atomic mass is 9.79. The van der Waals surface area contributed by atoms with Crippen LogP contribution in [0.2, 0.25) is 0 Å². The van der Waals surface area contributed by atoms with Gasteiger partial charge in [-0.1, -0.05) is 18.2 Å². The molecule has 0 aromatic heterocycles. The Morgan fingerprint density at radius 1 is 1.25 bits per heavy atom. The van der Waals surface area contributed by atoms with Crippen molar-refractivity contribution >= 4 is 23.2 Å². The van der Waals surface area contributed by atoms with Crippen molar-refractivity contribution in [1.29, 1.82) is 0 Å². The third-order valence-electron chi connectivity index (χ3n) is 5.64. The zero-order valence-corrected chi connectivity index (χ0v) is 15.7. The van der Waals surface area contributed by atoms with Gasteiger partial charge >= 0.3 is 0 Å². The second-order valence-electron chi connectivity index (χ2n) is 7.31. The Bertz CT molecular complexity index is 912. The summed E-state index contributed by atoms with van der Waals surface area (Å²) in [4.78, 5) is 26.2. The summed E-state index contributed by atoms with van der Waals surface area (Å²) in [5.74, 6) is -0.521.